The average Bonchev–Trinajstić information content (AvgIpc) is 1.98. The number of hydrogen-bond acceptors (Lipinski definition) is 5. The molecule has 0 spiro atoms. The van der Waals surface area contributed by atoms with Gasteiger partial charge in [-0.25, -0.2) is 8.42 Å². The molecule has 0 aliphatic heterocycles. The van der Waals surface area contributed by atoms with Crippen molar-refractivity contribution in [1.29, 1.82) is 0 Å². The Kier molecular flexibility index (Phi) is 8.78. The topological polar surface area (TPSA) is 86.7 Å². The van der Waals surface area contributed by atoms with Crippen LogP contribution in [0.15, 0.2) is 12.7 Å². The quantitative estimate of drug-likeness (QED) is 0.299. The molecule has 0 saturated carbocycles. The maximum Gasteiger partial charge on any atom is 0.217 e. The van der Waals surface area contributed by atoms with E-state index in [4.69, 9.17) is 5.11 Å². The van der Waals surface area contributed by atoms with Gasteiger partial charge in [0.1, 0.15) is 6.54 Å². The summed E-state index contributed by atoms with van der Waals surface area (Å²) in [6, 6.07) is 0. The molecule has 0 amide bonds. The minimum absolute atomic E-state index is 0.258. The number of aliphatic hydroxyl groups excluding tert-OH is 1. The normalized spacial score (nSPS) is 11.5. The second kappa shape index (κ2) is 7.77. The van der Waals surface area contributed by atoms with E-state index in [1.54, 1.807) is 0 Å². The Balaban J connectivity index is 0. The van der Waals surface area contributed by atoms with Crippen LogP contribution in [0, 0.1) is 0 Å². The minimum atomic E-state index is -4.51. The fourth-order valence-corrected chi connectivity index (χ4v) is 0.694. The molecule has 0 aliphatic carbocycles. The predicted molar refractivity (Wildman–Crippen MR) is 55.8 cm³/mol. The van der Waals surface area contributed by atoms with Crippen LogP contribution in [0.25, 0.3) is 0 Å². The molecule has 6 nitrogen and oxygen atoms in total. The third-order valence-electron chi connectivity index (χ3n) is 1.10. The lowest BCUT2D eigenvalue weighted by Gasteiger charge is -2.21. The van der Waals surface area contributed by atoms with Crippen LogP contribution in [0.2, 0.25) is 0 Å². The standard InChI is InChI=1S/C5H14NO.C3H6O4S/c1-6(2,3)4-5-7;1-2-3-7-8(4,5)6/h7H,4-5H2,1-3H3;2H,1,3H2,(H,4,5,6)/q+1;/p-1. The van der Waals surface area contributed by atoms with E-state index in [0.717, 1.165) is 11.0 Å². The number of likely N-dealkylation sites (N-methyl/N-ethyl adjacent to an activating group) is 1. The van der Waals surface area contributed by atoms with E-state index in [9.17, 15) is 13.0 Å². The molecule has 0 heterocycles. The van der Waals surface area contributed by atoms with Crippen LogP contribution in [0.3, 0.4) is 0 Å². The van der Waals surface area contributed by atoms with Crippen LogP contribution in [0.1, 0.15) is 0 Å². The molecule has 0 unspecified atom stereocenters. The molecule has 1 N–H and O–H groups in total. The van der Waals surface area contributed by atoms with Gasteiger partial charge in [-0.05, 0) is 0 Å². The summed E-state index contributed by atoms with van der Waals surface area (Å²) in [5, 5.41) is 8.39. The van der Waals surface area contributed by atoms with Crippen LogP contribution < -0.4 is 0 Å². The smallest absolute Gasteiger partial charge is 0.217 e. The van der Waals surface area contributed by atoms with Crippen LogP contribution in [-0.4, -0.2) is 63.5 Å². The number of aliphatic hydroxyl groups is 1. The van der Waals surface area contributed by atoms with Crippen LogP contribution in [-0.2, 0) is 14.6 Å². The number of nitrogens with zero attached hydrogens (tertiary/aromatic N) is 1. The van der Waals surface area contributed by atoms with E-state index in [2.05, 4.69) is 31.9 Å². The first-order chi connectivity index (χ1) is 6.62. The van der Waals surface area contributed by atoms with Crippen molar-refractivity contribution in [3.8, 4) is 0 Å². The first kappa shape index (κ1) is 16.9. The summed E-state index contributed by atoms with van der Waals surface area (Å²) in [7, 11) is 1.65. The van der Waals surface area contributed by atoms with E-state index in [1.807, 2.05) is 0 Å². The van der Waals surface area contributed by atoms with Gasteiger partial charge in [-0.15, -0.1) is 6.58 Å². The Hall–Kier alpha value is -0.470. The first-order valence-electron chi connectivity index (χ1n) is 4.25. The van der Waals surface area contributed by atoms with Crippen LogP contribution in [0.5, 0.6) is 0 Å². The summed E-state index contributed by atoms with van der Waals surface area (Å²) in [5.41, 5.74) is 0. The van der Waals surface area contributed by atoms with Crippen molar-refractivity contribution in [3.05, 3.63) is 12.7 Å². The Bertz CT molecular complexity index is 255. The van der Waals surface area contributed by atoms with Crippen molar-refractivity contribution in [2.75, 3.05) is 40.9 Å². The molecule has 7 heteroatoms. The summed E-state index contributed by atoms with van der Waals surface area (Å²) < 4.78 is 33.2. The summed E-state index contributed by atoms with van der Waals surface area (Å²) in [6.07, 6.45) is 1.18. The van der Waals surface area contributed by atoms with Gasteiger partial charge in [0.2, 0.25) is 10.4 Å². The van der Waals surface area contributed by atoms with Crippen LogP contribution in [0.4, 0.5) is 0 Å². The van der Waals surface area contributed by atoms with Crippen molar-refractivity contribution in [2.45, 2.75) is 0 Å². The number of rotatable bonds is 5. The zero-order chi connectivity index (χ0) is 12.5. The van der Waals surface area contributed by atoms with Gasteiger partial charge in [0.25, 0.3) is 0 Å². The van der Waals surface area contributed by atoms with Gasteiger partial charge in [-0.1, -0.05) is 6.08 Å². The monoisotopic (exact) mass is 241 g/mol. The number of quaternary nitrogens is 1. The highest BCUT2D eigenvalue weighted by atomic mass is 32.3. The fourth-order valence-electron chi connectivity index (χ4n) is 0.431. The minimum Gasteiger partial charge on any atom is -0.726 e. The lowest BCUT2D eigenvalue weighted by atomic mass is 10.5. The van der Waals surface area contributed by atoms with E-state index < -0.39 is 10.4 Å². The molecule has 0 aromatic heterocycles. The Morgan fingerprint density at radius 2 is 1.93 bits per heavy atom. The van der Waals surface area contributed by atoms with Crippen molar-refractivity contribution in [2.24, 2.45) is 0 Å². The van der Waals surface area contributed by atoms with Crippen molar-refractivity contribution in [1.82, 2.24) is 0 Å². The predicted octanol–water partition coefficient (Wildman–Crippen LogP) is -0.666. The van der Waals surface area contributed by atoms with Crippen LogP contribution >= 0.6 is 0 Å². The molecule has 92 valence electrons. The van der Waals surface area contributed by atoms with Gasteiger partial charge in [-0.2, -0.15) is 0 Å². The maximum atomic E-state index is 9.56. The van der Waals surface area contributed by atoms with E-state index in [-0.39, 0.29) is 13.2 Å². The lowest BCUT2D eigenvalue weighted by molar-refractivity contribution is -0.870. The largest absolute Gasteiger partial charge is 0.726 e. The SMILES string of the molecule is C=CCOS(=O)(=O)[O-].C[N+](C)(C)CCO. The highest BCUT2D eigenvalue weighted by Crippen LogP contribution is 1.84. The summed E-state index contributed by atoms with van der Waals surface area (Å²) in [5.74, 6) is 0. The van der Waals surface area contributed by atoms with Crippen molar-refractivity contribution in [3.63, 3.8) is 0 Å². The molecule has 0 aromatic rings. The lowest BCUT2D eigenvalue weighted by Crippen LogP contribution is -2.36. The third-order valence-corrected chi connectivity index (χ3v) is 1.53. The Labute approximate surface area is 91.3 Å². The average molecular weight is 241 g/mol. The summed E-state index contributed by atoms with van der Waals surface area (Å²) in [4.78, 5) is 0. The maximum absolute atomic E-state index is 9.56. The Morgan fingerprint density at radius 3 is 2.00 bits per heavy atom. The van der Waals surface area contributed by atoms with Crippen molar-refractivity contribution >= 4 is 10.4 Å². The highest BCUT2D eigenvalue weighted by Gasteiger charge is 2.02. The fraction of sp³-hybridized carbons (Fsp3) is 0.750. The summed E-state index contributed by atoms with van der Waals surface area (Å²) >= 11 is 0. The molecule has 0 fully saturated rings. The van der Waals surface area contributed by atoms with Gasteiger partial charge >= 0.3 is 0 Å². The summed E-state index contributed by atoms with van der Waals surface area (Å²) in [6.45, 7) is 3.99. The zero-order valence-electron chi connectivity index (χ0n) is 9.34. The molecular weight excluding hydrogens is 222 g/mol. The van der Waals surface area contributed by atoms with E-state index >= 15 is 0 Å². The van der Waals surface area contributed by atoms with E-state index in [1.165, 1.54) is 6.08 Å². The van der Waals surface area contributed by atoms with Gasteiger partial charge in [-0.3, -0.25) is 4.18 Å². The van der Waals surface area contributed by atoms with Gasteiger partial charge in [0.15, 0.2) is 0 Å². The second-order valence-corrected chi connectivity index (χ2v) is 4.77. The molecular formula is C8H19NO5S. The molecule has 0 aromatic carbocycles. The molecule has 0 bridgehead atoms. The molecule has 0 radical (unpaired) electrons. The third kappa shape index (κ3) is 24.7. The zero-order valence-corrected chi connectivity index (χ0v) is 10.2. The number of hydrogen-bond donors (Lipinski definition) is 1. The van der Waals surface area contributed by atoms with Gasteiger partial charge in [0, 0.05) is 0 Å². The molecule has 0 saturated heterocycles. The highest BCUT2D eigenvalue weighted by molar-refractivity contribution is 7.80. The first-order valence-corrected chi connectivity index (χ1v) is 5.58. The van der Waals surface area contributed by atoms with Gasteiger partial charge < -0.3 is 14.1 Å². The molecule has 0 aliphatic rings. The van der Waals surface area contributed by atoms with E-state index in [0.29, 0.717) is 0 Å². The second-order valence-electron chi connectivity index (χ2n) is 3.72. The van der Waals surface area contributed by atoms with Gasteiger partial charge in [0.05, 0.1) is 34.4 Å². The molecule has 0 atom stereocenters. The molecule has 15 heavy (non-hydrogen) atoms. The van der Waals surface area contributed by atoms with Crippen molar-refractivity contribution < 1.29 is 26.7 Å². The Morgan fingerprint density at radius 1 is 1.47 bits per heavy atom. The molecule has 0 rings (SSSR count).